The highest BCUT2D eigenvalue weighted by Gasteiger charge is 2.26. The molecule has 2 aliphatic carbocycles. The molecule has 2 aliphatic rings. The summed E-state index contributed by atoms with van der Waals surface area (Å²) >= 11 is 0. The molecule has 1 aromatic heterocycles. The van der Waals surface area contributed by atoms with Crippen LogP contribution in [-0.4, -0.2) is 22.6 Å². The van der Waals surface area contributed by atoms with Crippen LogP contribution in [0, 0.1) is 12.8 Å². The number of nitrogens with two attached hydrogens (primary N) is 1. The molecule has 5 rings (SSSR count). The van der Waals surface area contributed by atoms with Crippen molar-refractivity contribution in [1.29, 1.82) is 0 Å². The van der Waals surface area contributed by atoms with Crippen LogP contribution >= 0.6 is 0 Å². The van der Waals surface area contributed by atoms with Gasteiger partial charge in [0.2, 0.25) is 5.91 Å². The number of nitrogens with zero attached hydrogens (tertiary/aromatic N) is 1. The van der Waals surface area contributed by atoms with E-state index in [0.29, 0.717) is 12.5 Å². The van der Waals surface area contributed by atoms with Crippen molar-refractivity contribution in [2.45, 2.75) is 95.7 Å². The molecule has 1 amide bonds. The summed E-state index contributed by atoms with van der Waals surface area (Å²) in [7, 11) is 0. The topological polar surface area (TPSA) is 60.1 Å². The lowest BCUT2D eigenvalue weighted by Crippen LogP contribution is -2.40. The van der Waals surface area contributed by atoms with E-state index in [0.717, 1.165) is 38.1 Å². The average molecular weight is 472 g/mol. The number of carbonyl (C=O) groups excluding carboxylic acids is 1. The highest BCUT2D eigenvalue weighted by atomic mass is 16.1. The van der Waals surface area contributed by atoms with Gasteiger partial charge in [-0.3, -0.25) is 4.79 Å². The van der Waals surface area contributed by atoms with Crippen LogP contribution in [0.3, 0.4) is 0 Å². The SMILES string of the molecule is Cc1ccc(C(CC(=O)N[C@H]2CC[C@H](N)CC2)c2cn(CC3CCCCC3)c3ccccc23)cc1. The van der Waals surface area contributed by atoms with E-state index in [1.54, 1.807) is 0 Å². The molecule has 1 atom stereocenters. The van der Waals surface area contributed by atoms with Gasteiger partial charge in [0.15, 0.2) is 0 Å². The van der Waals surface area contributed by atoms with Crippen LogP contribution in [0.5, 0.6) is 0 Å². The Morgan fingerprint density at radius 2 is 1.69 bits per heavy atom. The maximum Gasteiger partial charge on any atom is 0.221 e. The number of fused-ring (bicyclic) bond motifs is 1. The van der Waals surface area contributed by atoms with E-state index in [2.05, 4.69) is 71.5 Å². The van der Waals surface area contributed by atoms with Gasteiger partial charge in [0.25, 0.3) is 0 Å². The molecule has 4 heteroatoms. The third-order valence-corrected chi connectivity index (χ3v) is 8.38. The minimum absolute atomic E-state index is 0.0407. The Balaban J connectivity index is 1.44. The van der Waals surface area contributed by atoms with Crippen molar-refractivity contribution in [2.75, 3.05) is 0 Å². The second kappa shape index (κ2) is 11.0. The van der Waals surface area contributed by atoms with Gasteiger partial charge >= 0.3 is 0 Å². The van der Waals surface area contributed by atoms with E-state index in [-0.39, 0.29) is 17.9 Å². The first-order valence-electron chi connectivity index (χ1n) is 13.8. The molecule has 35 heavy (non-hydrogen) atoms. The lowest BCUT2D eigenvalue weighted by Gasteiger charge is -2.27. The maximum absolute atomic E-state index is 13.3. The number of hydrogen-bond donors (Lipinski definition) is 2. The third kappa shape index (κ3) is 5.81. The Morgan fingerprint density at radius 1 is 0.971 bits per heavy atom. The van der Waals surface area contributed by atoms with Crippen molar-refractivity contribution in [2.24, 2.45) is 11.7 Å². The van der Waals surface area contributed by atoms with E-state index < -0.39 is 0 Å². The van der Waals surface area contributed by atoms with E-state index in [4.69, 9.17) is 5.73 Å². The summed E-state index contributed by atoms with van der Waals surface area (Å²) in [5.74, 6) is 0.949. The zero-order valence-corrected chi connectivity index (χ0v) is 21.2. The minimum Gasteiger partial charge on any atom is -0.353 e. The van der Waals surface area contributed by atoms with Gasteiger partial charge in [-0.05, 0) is 68.6 Å². The van der Waals surface area contributed by atoms with E-state index >= 15 is 0 Å². The van der Waals surface area contributed by atoms with Gasteiger partial charge in [-0.1, -0.05) is 67.3 Å². The summed E-state index contributed by atoms with van der Waals surface area (Å²) in [6.07, 6.45) is 13.6. The first-order chi connectivity index (χ1) is 17.1. The summed E-state index contributed by atoms with van der Waals surface area (Å²) in [5, 5.41) is 4.62. The van der Waals surface area contributed by atoms with E-state index in [9.17, 15) is 4.79 Å². The molecule has 0 aliphatic heterocycles. The minimum atomic E-state index is 0.0407. The molecule has 0 bridgehead atoms. The van der Waals surface area contributed by atoms with Crippen molar-refractivity contribution >= 4 is 16.8 Å². The Hall–Kier alpha value is -2.59. The molecule has 3 aromatic rings. The van der Waals surface area contributed by atoms with Crippen molar-refractivity contribution in [3.8, 4) is 0 Å². The number of hydrogen-bond acceptors (Lipinski definition) is 2. The van der Waals surface area contributed by atoms with Gasteiger partial charge < -0.3 is 15.6 Å². The van der Waals surface area contributed by atoms with Gasteiger partial charge in [0.05, 0.1) is 0 Å². The van der Waals surface area contributed by atoms with Gasteiger partial charge in [0.1, 0.15) is 0 Å². The monoisotopic (exact) mass is 471 g/mol. The number of aryl methyl sites for hydroxylation is 1. The van der Waals surface area contributed by atoms with Gasteiger partial charge in [-0.25, -0.2) is 0 Å². The summed E-state index contributed by atoms with van der Waals surface area (Å²) in [4.78, 5) is 13.3. The number of nitrogens with one attached hydrogen (secondary N) is 1. The van der Waals surface area contributed by atoms with Crippen molar-refractivity contribution in [3.05, 3.63) is 71.4 Å². The van der Waals surface area contributed by atoms with Gasteiger partial charge in [-0.2, -0.15) is 0 Å². The Bertz CT molecular complexity index is 1120. The molecule has 0 radical (unpaired) electrons. The molecule has 0 spiro atoms. The fraction of sp³-hybridized carbons (Fsp3) is 0.516. The predicted molar refractivity (Wildman–Crippen MR) is 145 cm³/mol. The largest absolute Gasteiger partial charge is 0.353 e. The second-order valence-corrected chi connectivity index (χ2v) is 11.1. The van der Waals surface area contributed by atoms with Crippen LogP contribution in [0.25, 0.3) is 10.9 Å². The third-order valence-electron chi connectivity index (χ3n) is 8.38. The molecule has 1 unspecified atom stereocenters. The van der Waals surface area contributed by atoms with Crippen LogP contribution in [0.15, 0.2) is 54.7 Å². The number of para-hydroxylation sites is 1. The Morgan fingerprint density at radius 3 is 2.43 bits per heavy atom. The fourth-order valence-corrected chi connectivity index (χ4v) is 6.29. The van der Waals surface area contributed by atoms with E-state index in [1.165, 1.54) is 59.7 Å². The fourth-order valence-electron chi connectivity index (χ4n) is 6.29. The number of rotatable bonds is 7. The number of benzene rings is 2. The van der Waals surface area contributed by atoms with Crippen LogP contribution in [-0.2, 0) is 11.3 Å². The van der Waals surface area contributed by atoms with E-state index in [1.807, 2.05) is 0 Å². The van der Waals surface area contributed by atoms with Crippen LogP contribution in [0.2, 0.25) is 0 Å². The average Bonchev–Trinajstić information content (AvgIpc) is 3.23. The first kappa shape index (κ1) is 24.1. The molecule has 3 N–H and O–H groups in total. The van der Waals surface area contributed by atoms with Crippen LogP contribution < -0.4 is 11.1 Å². The molecule has 2 saturated carbocycles. The second-order valence-electron chi connectivity index (χ2n) is 11.1. The van der Waals surface area contributed by atoms with Gasteiger partial charge in [0, 0.05) is 48.1 Å². The molecule has 1 heterocycles. The molecule has 4 nitrogen and oxygen atoms in total. The number of aromatic nitrogens is 1. The standard InChI is InChI=1S/C31H41N3O/c1-22-11-13-24(14-12-22)28(19-31(35)33-26-17-15-25(32)16-18-26)29-21-34(20-23-7-3-2-4-8-23)30-10-6-5-9-27(29)30/h5-6,9-14,21,23,25-26,28H,2-4,7-8,15-20,32H2,1H3,(H,33,35)/t25-,26-,28?. The molecule has 2 aromatic carbocycles. The summed E-state index contributed by atoms with van der Waals surface area (Å²) in [5.41, 5.74) is 11.1. The van der Waals surface area contributed by atoms with Crippen molar-refractivity contribution in [1.82, 2.24) is 9.88 Å². The summed E-state index contributed by atoms with van der Waals surface area (Å²) < 4.78 is 2.47. The molecule has 186 valence electrons. The van der Waals surface area contributed by atoms with Crippen LogP contribution in [0.1, 0.15) is 86.8 Å². The first-order valence-corrected chi connectivity index (χ1v) is 13.8. The Kier molecular flexibility index (Phi) is 7.57. The normalized spacial score (nSPS) is 22.2. The smallest absolute Gasteiger partial charge is 0.221 e. The molecular formula is C31H41N3O. The summed E-state index contributed by atoms with van der Waals surface area (Å²) in [6, 6.07) is 18.1. The van der Waals surface area contributed by atoms with Crippen molar-refractivity contribution < 1.29 is 4.79 Å². The molecule has 0 saturated heterocycles. The zero-order chi connectivity index (χ0) is 24.2. The molecule has 2 fully saturated rings. The van der Waals surface area contributed by atoms with Gasteiger partial charge in [-0.15, -0.1) is 0 Å². The molecular weight excluding hydrogens is 430 g/mol. The predicted octanol–water partition coefficient (Wildman–Crippen LogP) is 6.44. The highest BCUT2D eigenvalue weighted by Crippen LogP contribution is 2.36. The van der Waals surface area contributed by atoms with Crippen LogP contribution in [0.4, 0.5) is 0 Å². The summed E-state index contributed by atoms with van der Waals surface area (Å²) in [6.45, 7) is 3.20. The Labute approximate surface area is 210 Å². The lowest BCUT2D eigenvalue weighted by atomic mass is 9.87. The zero-order valence-electron chi connectivity index (χ0n) is 21.2. The quantitative estimate of drug-likeness (QED) is 0.417. The highest BCUT2D eigenvalue weighted by molar-refractivity contribution is 5.86. The number of amides is 1. The maximum atomic E-state index is 13.3. The number of carbonyl (C=O) groups is 1. The van der Waals surface area contributed by atoms with Crippen molar-refractivity contribution in [3.63, 3.8) is 0 Å². The lowest BCUT2D eigenvalue weighted by molar-refractivity contribution is -0.122.